The van der Waals surface area contributed by atoms with Crippen LogP contribution in [0.3, 0.4) is 0 Å². The van der Waals surface area contributed by atoms with Gasteiger partial charge >= 0.3 is 5.97 Å². The van der Waals surface area contributed by atoms with Crippen molar-refractivity contribution in [2.45, 2.75) is 13.8 Å². The lowest BCUT2D eigenvalue weighted by Crippen LogP contribution is -1.93. The van der Waals surface area contributed by atoms with Crippen LogP contribution in [0.15, 0.2) is 24.3 Å². The third-order valence-electron chi connectivity index (χ3n) is 2.86. The van der Waals surface area contributed by atoms with Crippen LogP contribution in [0.1, 0.15) is 16.8 Å². The Morgan fingerprint density at radius 3 is 2.76 bits per heavy atom. The number of halogens is 1. The van der Waals surface area contributed by atoms with E-state index >= 15 is 0 Å². The molecule has 0 amide bonds. The lowest BCUT2D eigenvalue weighted by atomic mass is 10.1. The fraction of sp³-hybridized carbons (Fsp3) is 0.200. The zero-order valence-corrected chi connectivity index (χ0v) is 12.6. The molecule has 21 heavy (non-hydrogen) atoms. The quantitative estimate of drug-likeness (QED) is 0.874. The van der Waals surface area contributed by atoms with Crippen LogP contribution in [0.25, 0.3) is 16.8 Å². The van der Waals surface area contributed by atoms with Gasteiger partial charge in [0, 0.05) is 17.7 Å². The maximum absolute atomic E-state index is 14.2. The summed E-state index contributed by atoms with van der Waals surface area (Å²) in [6, 6.07) is 4.51. The van der Waals surface area contributed by atoms with Crippen LogP contribution in [0.2, 0.25) is 0 Å². The topological polar surface area (TPSA) is 59.4 Å². The number of aliphatic carboxylic acids is 1. The lowest BCUT2D eigenvalue weighted by molar-refractivity contribution is -0.131. The van der Waals surface area contributed by atoms with Crippen molar-refractivity contribution in [1.82, 2.24) is 4.98 Å². The van der Waals surface area contributed by atoms with Crippen LogP contribution in [0, 0.1) is 12.7 Å². The van der Waals surface area contributed by atoms with E-state index in [1.54, 1.807) is 26.0 Å². The minimum atomic E-state index is -1.04. The molecule has 0 atom stereocenters. The highest BCUT2D eigenvalue weighted by atomic mass is 32.1. The number of methoxy groups -OCH3 is 1. The standard InChI is InChI=1S/C15H14FNO3S/c1-8(6-13(18)19)15-14(17-9(2)21-15)11-5-4-10(20-3)7-12(11)16/h4-7H,1-3H3,(H,18,19)/b8-6+. The molecule has 0 aliphatic carbocycles. The molecular weight excluding hydrogens is 293 g/mol. The van der Waals surface area contributed by atoms with Gasteiger partial charge in [-0.25, -0.2) is 14.2 Å². The largest absolute Gasteiger partial charge is 0.497 e. The first kappa shape index (κ1) is 15.2. The van der Waals surface area contributed by atoms with E-state index in [1.165, 1.54) is 24.5 Å². The molecular formula is C15H14FNO3S. The molecule has 0 saturated carbocycles. The number of hydrogen-bond acceptors (Lipinski definition) is 4. The van der Waals surface area contributed by atoms with E-state index in [1.807, 2.05) is 0 Å². The zero-order chi connectivity index (χ0) is 15.6. The Labute approximate surface area is 125 Å². The summed E-state index contributed by atoms with van der Waals surface area (Å²) >= 11 is 1.34. The number of carboxylic acids is 1. The Morgan fingerprint density at radius 1 is 1.48 bits per heavy atom. The zero-order valence-electron chi connectivity index (χ0n) is 11.8. The summed E-state index contributed by atoms with van der Waals surface area (Å²) in [6.45, 7) is 3.47. The van der Waals surface area contributed by atoms with Gasteiger partial charge < -0.3 is 9.84 Å². The van der Waals surface area contributed by atoms with Gasteiger partial charge in [0.15, 0.2) is 0 Å². The van der Waals surface area contributed by atoms with Crippen molar-refractivity contribution in [3.8, 4) is 17.0 Å². The summed E-state index contributed by atoms with van der Waals surface area (Å²) in [6.07, 6.45) is 1.10. The van der Waals surface area contributed by atoms with E-state index in [9.17, 15) is 9.18 Å². The third kappa shape index (κ3) is 3.28. The smallest absolute Gasteiger partial charge is 0.328 e. The van der Waals surface area contributed by atoms with Crippen molar-refractivity contribution >= 4 is 22.9 Å². The molecule has 1 N–H and O–H groups in total. The molecule has 110 valence electrons. The average Bonchev–Trinajstić information content (AvgIpc) is 2.79. The van der Waals surface area contributed by atoms with Crippen molar-refractivity contribution < 1.29 is 19.0 Å². The third-order valence-corrected chi connectivity index (χ3v) is 3.97. The second-order valence-corrected chi connectivity index (χ2v) is 5.63. The van der Waals surface area contributed by atoms with E-state index in [0.717, 1.165) is 11.1 Å². The Balaban J connectivity index is 2.57. The summed E-state index contributed by atoms with van der Waals surface area (Å²) in [7, 11) is 1.46. The molecule has 2 rings (SSSR count). The fourth-order valence-corrected chi connectivity index (χ4v) is 2.85. The van der Waals surface area contributed by atoms with Crippen LogP contribution in [0.5, 0.6) is 5.75 Å². The molecule has 0 aliphatic heterocycles. The second kappa shape index (κ2) is 6.05. The van der Waals surface area contributed by atoms with Crippen LogP contribution in [-0.4, -0.2) is 23.2 Å². The number of benzene rings is 1. The van der Waals surface area contributed by atoms with Crippen LogP contribution in [-0.2, 0) is 4.79 Å². The minimum absolute atomic E-state index is 0.327. The predicted molar refractivity (Wildman–Crippen MR) is 80.1 cm³/mol. The van der Waals surface area contributed by atoms with Gasteiger partial charge in [0.25, 0.3) is 0 Å². The van der Waals surface area contributed by atoms with Crippen molar-refractivity contribution in [3.63, 3.8) is 0 Å². The fourth-order valence-electron chi connectivity index (χ4n) is 1.94. The van der Waals surface area contributed by atoms with Gasteiger partial charge in [-0.05, 0) is 31.6 Å². The first-order valence-electron chi connectivity index (χ1n) is 6.15. The normalized spacial score (nSPS) is 11.5. The van der Waals surface area contributed by atoms with Crippen molar-refractivity contribution in [2.75, 3.05) is 7.11 Å². The van der Waals surface area contributed by atoms with Gasteiger partial charge in [0.2, 0.25) is 0 Å². The summed E-state index contributed by atoms with van der Waals surface area (Å²) in [5.74, 6) is -1.08. The highest BCUT2D eigenvalue weighted by molar-refractivity contribution is 7.13. The number of carbonyl (C=O) groups is 1. The molecule has 0 radical (unpaired) electrons. The molecule has 0 spiro atoms. The van der Waals surface area contributed by atoms with E-state index in [4.69, 9.17) is 9.84 Å². The second-order valence-electron chi connectivity index (χ2n) is 4.42. The van der Waals surface area contributed by atoms with Crippen LogP contribution < -0.4 is 4.74 Å². The Morgan fingerprint density at radius 2 is 2.19 bits per heavy atom. The van der Waals surface area contributed by atoms with Crippen LogP contribution >= 0.6 is 11.3 Å². The van der Waals surface area contributed by atoms with E-state index in [0.29, 0.717) is 27.5 Å². The summed E-state index contributed by atoms with van der Waals surface area (Å²) in [5, 5.41) is 9.60. The number of thiazole rings is 1. The molecule has 6 heteroatoms. The lowest BCUT2D eigenvalue weighted by Gasteiger charge is -2.06. The number of carboxylic acid groups (broad SMARTS) is 1. The molecule has 0 bridgehead atoms. The number of hydrogen-bond donors (Lipinski definition) is 1. The number of nitrogens with zero attached hydrogens (tertiary/aromatic N) is 1. The van der Waals surface area contributed by atoms with Gasteiger partial charge in [-0.3, -0.25) is 0 Å². The van der Waals surface area contributed by atoms with Gasteiger partial charge in [-0.2, -0.15) is 0 Å². The molecule has 1 aromatic carbocycles. The summed E-state index contributed by atoms with van der Waals surface area (Å²) < 4.78 is 19.2. The number of allylic oxidation sites excluding steroid dienone is 1. The SMILES string of the molecule is COc1ccc(-c2nc(C)sc2/C(C)=C/C(=O)O)c(F)c1. The summed E-state index contributed by atoms with van der Waals surface area (Å²) in [4.78, 5) is 15.8. The Bertz CT molecular complexity index is 722. The summed E-state index contributed by atoms with van der Waals surface area (Å²) in [5.41, 5.74) is 1.32. The van der Waals surface area contributed by atoms with Gasteiger partial charge in [-0.1, -0.05) is 0 Å². The molecule has 4 nitrogen and oxygen atoms in total. The monoisotopic (exact) mass is 307 g/mol. The number of ether oxygens (including phenoxy) is 1. The van der Waals surface area contributed by atoms with Crippen molar-refractivity contribution in [1.29, 1.82) is 0 Å². The number of rotatable bonds is 4. The molecule has 0 fully saturated rings. The van der Waals surface area contributed by atoms with E-state index in [2.05, 4.69) is 4.98 Å². The van der Waals surface area contributed by atoms with Crippen molar-refractivity contribution in [2.24, 2.45) is 0 Å². The van der Waals surface area contributed by atoms with Gasteiger partial charge in [-0.15, -0.1) is 11.3 Å². The number of aromatic nitrogens is 1. The number of aryl methyl sites for hydroxylation is 1. The molecule has 0 unspecified atom stereocenters. The maximum Gasteiger partial charge on any atom is 0.328 e. The molecule has 0 aliphatic rings. The molecule has 1 heterocycles. The van der Waals surface area contributed by atoms with E-state index in [-0.39, 0.29) is 0 Å². The van der Waals surface area contributed by atoms with Gasteiger partial charge in [0.1, 0.15) is 11.6 Å². The van der Waals surface area contributed by atoms with Gasteiger partial charge in [0.05, 0.1) is 22.7 Å². The van der Waals surface area contributed by atoms with E-state index < -0.39 is 11.8 Å². The van der Waals surface area contributed by atoms with Crippen molar-refractivity contribution in [3.05, 3.63) is 40.0 Å². The highest BCUT2D eigenvalue weighted by Gasteiger charge is 2.17. The average molecular weight is 307 g/mol. The first-order valence-corrected chi connectivity index (χ1v) is 6.97. The maximum atomic E-state index is 14.2. The minimum Gasteiger partial charge on any atom is -0.497 e. The first-order chi connectivity index (χ1) is 9.92. The Hall–Kier alpha value is -2.21. The predicted octanol–water partition coefficient (Wildman–Crippen LogP) is 3.75. The molecule has 2 aromatic rings. The Kier molecular flexibility index (Phi) is 4.37. The molecule has 0 saturated heterocycles. The van der Waals surface area contributed by atoms with Crippen LogP contribution in [0.4, 0.5) is 4.39 Å². The highest BCUT2D eigenvalue weighted by Crippen LogP contribution is 2.35. The molecule has 1 aromatic heterocycles.